The van der Waals surface area contributed by atoms with Gasteiger partial charge in [0, 0.05) is 32.7 Å². The molecule has 14 heavy (non-hydrogen) atoms. The molecule has 2 aliphatic heterocycles. The molecule has 0 saturated heterocycles. The average Bonchev–Trinajstić information content (AvgIpc) is 2.49. The minimum atomic E-state index is -2.50. The molecule has 0 fully saturated rings. The molecule has 0 aromatic carbocycles. The number of rotatable bonds is 1. The van der Waals surface area contributed by atoms with E-state index in [-0.39, 0.29) is 44.6 Å². The number of allylic oxidation sites excluding steroid dienone is 3. The first-order chi connectivity index (χ1) is 6.18. The van der Waals surface area contributed by atoms with Crippen molar-refractivity contribution in [1.29, 1.82) is 0 Å². The van der Waals surface area contributed by atoms with Gasteiger partial charge in [0.1, 0.15) is 11.9 Å². The molecule has 0 aromatic heterocycles. The fraction of sp³-hybridized carbons (Fsp3) is 0.375. The van der Waals surface area contributed by atoms with Crippen molar-refractivity contribution in [3.05, 3.63) is 23.4 Å². The summed E-state index contributed by atoms with van der Waals surface area (Å²) in [6.45, 7) is 1.78. The molecule has 2 aliphatic rings. The predicted octanol–water partition coefficient (Wildman–Crippen LogP) is 1.14. The quantitative estimate of drug-likeness (QED) is 0.726. The number of hydrogen-bond donors (Lipinski definition) is 1. The van der Waals surface area contributed by atoms with Gasteiger partial charge in [0.05, 0.1) is 0 Å². The zero-order valence-electron chi connectivity index (χ0n) is 7.54. The van der Waals surface area contributed by atoms with Crippen LogP contribution in [0.25, 0.3) is 0 Å². The van der Waals surface area contributed by atoms with Crippen LogP contribution in [0.5, 0.6) is 0 Å². The topological polar surface area (TPSA) is 27.6 Å². The molecular weight excluding hydrogens is 265 g/mol. The van der Waals surface area contributed by atoms with Crippen LogP contribution in [0.1, 0.15) is 6.92 Å². The largest absolute Gasteiger partial charge is 0.525 e. The maximum absolute atomic E-state index is 12.5. The second-order valence-electron chi connectivity index (χ2n) is 2.93. The number of nitrogens with one attached hydrogen (secondary N) is 1. The van der Waals surface area contributed by atoms with Crippen molar-refractivity contribution in [3.63, 3.8) is 0 Å². The normalized spacial score (nSPS) is 23.7. The van der Waals surface area contributed by atoms with Crippen LogP contribution >= 0.6 is 0 Å². The van der Waals surface area contributed by atoms with Crippen molar-refractivity contribution in [2.75, 3.05) is 0 Å². The van der Waals surface area contributed by atoms with Gasteiger partial charge in [-0.2, -0.15) is 0 Å². The van der Waals surface area contributed by atoms with E-state index in [1.165, 1.54) is 11.1 Å². The Kier molecular flexibility index (Phi) is 3.78. The van der Waals surface area contributed by atoms with Crippen LogP contribution in [0.3, 0.4) is 0 Å². The van der Waals surface area contributed by atoms with Crippen LogP contribution in [0.4, 0.5) is 8.78 Å². The first-order valence-corrected chi connectivity index (χ1v) is 3.87. The Morgan fingerprint density at radius 2 is 2.36 bits per heavy atom. The summed E-state index contributed by atoms with van der Waals surface area (Å²) in [4.78, 5) is 0. The number of hydrogen-bond acceptors (Lipinski definition) is 3. The molecule has 1 unspecified atom stereocenters. The number of alkyl halides is 2. The van der Waals surface area contributed by atoms with Crippen molar-refractivity contribution in [2.24, 2.45) is 5.10 Å². The van der Waals surface area contributed by atoms with Gasteiger partial charge < -0.3 is 10.4 Å². The van der Waals surface area contributed by atoms with E-state index in [1.54, 1.807) is 6.92 Å². The first kappa shape index (κ1) is 11.8. The Bertz CT molecular complexity index is 312. The predicted molar refractivity (Wildman–Crippen MR) is 44.0 cm³/mol. The van der Waals surface area contributed by atoms with Crippen LogP contribution in [0.2, 0.25) is 0 Å². The van der Waals surface area contributed by atoms with Crippen molar-refractivity contribution < 1.29 is 41.5 Å². The van der Waals surface area contributed by atoms with Crippen LogP contribution in [0.15, 0.2) is 28.5 Å². The molecule has 73 valence electrons. The third-order valence-electron chi connectivity index (χ3n) is 1.92. The van der Waals surface area contributed by atoms with Crippen LogP contribution in [0, 0.1) is 0 Å². The van der Waals surface area contributed by atoms with Gasteiger partial charge in [-0.05, 0) is 24.6 Å². The Balaban J connectivity index is 0.000000980. The van der Waals surface area contributed by atoms with Crippen LogP contribution < -0.4 is 5.32 Å². The Hall–Kier alpha value is -0.286. The van der Waals surface area contributed by atoms with Gasteiger partial charge in [-0.15, -0.1) is 0 Å². The van der Waals surface area contributed by atoms with E-state index >= 15 is 0 Å². The third-order valence-corrected chi connectivity index (χ3v) is 1.92. The van der Waals surface area contributed by atoms with Gasteiger partial charge in [0.2, 0.25) is 0 Å². The molecule has 2 rings (SSSR count). The smallest absolute Gasteiger partial charge is 0.280 e. The summed E-state index contributed by atoms with van der Waals surface area (Å²) in [7, 11) is 0. The Labute approximate surface area is 106 Å². The minimum absolute atomic E-state index is 0. The van der Waals surface area contributed by atoms with Crippen molar-refractivity contribution in [1.82, 2.24) is 10.3 Å². The van der Waals surface area contributed by atoms with E-state index in [1.807, 2.05) is 6.08 Å². The molecule has 1 radical (unpaired) electrons. The second kappa shape index (κ2) is 4.49. The van der Waals surface area contributed by atoms with Crippen LogP contribution in [-0.2, 0) is 32.7 Å². The molecule has 3 nitrogen and oxygen atoms in total. The number of fused-ring (bicyclic) bond motifs is 1. The zero-order chi connectivity index (χ0) is 9.42. The van der Waals surface area contributed by atoms with Crippen LogP contribution in [-0.4, -0.2) is 23.9 Å². The maximum atomic E-state index is 12.5. The molecule has 0 aliphatic carbocycles. The molecular formula is C8H8F2N3Y-. The summed E-state index contributed by atoms with van der Waals surface area (Å²) in [5.41, 5.74) is 0.727. The number of halogens is 2. The fourth-order valence-electron chi connectivity index (χ4n) is 1.36. The monoisotopic (exact) mass is 273 g/mol. The van der Waals surface area contributed by atoms with Gasteiger partial charge in [-0.1, -0.05) is 0 Å². The average molecular weight is 273 g/mol. The standard InChI is InChI=1S/C8H8F2N3.Y/c1-5-2-6(8(9)10)13-7(3-5)11-4-12-13;/h2-3,7-8H,1H3,(H,11,12);/q-1;. The van der Waals surface area contributed by atoms with Gasteiger partial charge in [0.15, 0.2) is 0 Å². The van der Waals surface area contributed by atoms with Crippen molar-refractivity contribution in [2.45, 2.75) is 19.5 Å². The van der Waals surface area contributed by atoms with Gasteiger partial charge in [0.25, 0.3) is 6.43 Å². The second-order valence-corrected chi connectivity index (χ2v) is 2.93. The third kappa shape index (κ3) is 2.03. The van der Waals surface area contributed by atoms with E-state index < -0.39 is 6.43 Å². The van der Waals surface area contributed by atoms with E-state index in [0.29, 0.717) is 0 Å². The molecule has 6 heteroatoms. The summed E-state index contributed by atoms with van der Waals surface area (Å²) in [6, 6.07) is 0. The van der Waals surface area contributed by atoms with E-state index in [2.05, 4.69) is 16.8 Å². The number of nitrogens with zero attached hydrogens (tertiary/aromatic N) is 2. The first-order valence-electron chi connectivity index (χ1n) is 3.87. The van der Waals surface area contributed by atoms with E-state index in [4.69, 9.17) is 0 Å². The zero-order valence-corrected chi connectivity index (χ0v) is 10.4. The summed E-state index contributed by atoms with van der Waals surface area (Å²) in [5.74, 6) is 0. The van der Waals surface area contributed by atoms with Gasteiger partial charge in [-0.25, -0.2) is 8.78 Å². The summed E-state index contributed by atoms with van der Waals surface area (Å²) in [5, 5.41) is 7.64. The summed E-state index contributed by atoms with van der Waals surface area (Å²) < 4.78 is 25.0. The molecule has 0 aromatic rings. The molecule has 0 amide bonds. The van der Waals surface area contributed by atoms with Gasteiger partial charge >= 0.3 is 0 Å². The molecule has 0 spiro atoms. The maximum Gasteiger partial charge on any atom is 0.280 e. The van der Waals surface area contributed by atoms with Crippen molar-refractivity contribution >= 4 is 6.34 Å². The molecule has 1 N–H and O–H groups in total. The summed E-state index contributed by atoms with van der Waals surface area (Å²) >= 11 is 0. The molecule has 0 bridgehead atoms. The minimum Gasteiger partial charge on any atom is -0.525 e. The van der Waals surface area contributed by atoms with E-state index in [0.717, 1.165) is 5.57 Å². The fourth-order valence-corrected chi connectivity index (χ4v) is 1.36. The summed E-state index contributed by atoms with van der Waals surface area (Å²) in [6.07, 6.45) is 2.90. The SMILES string of the molecule is CC1=CC2N[C-]=NN2C(C(F)F)=C1.[Y]. The molecule has 2 heterocycles. The Morgan fingerprint density at radius 3 is 3.00 bits per heavy atom. The van der Waals surface area contributed by atoms with Gasteiger partial charge in [-0.3, -0.25) is 11.3 Å². The van der Waals surface area contributed by atoms with Crippen molar-refractivity contribution in [3.8, 4) is 0 Å². The Morgan fingerprint density at radius 1 is 1.64 bits per heavy atom. The van der Waals surface area contributed by atoms with E-state index in [9.17, 15) is 8.78 Å². The molecule has 1 atom stereocenters. The number of hydrazone groups is 1. The molecule has 0 saturated carbocycles.